The number of hydrogen-bond donors (Lipinski definition) is 4. The highest BCUT2D eigenvalue weighted by molar-refractivity contribution is 7.92. The first kappa shape index (κ1) is 55.4. The second-order valence-corrected chi connectivity index (χ2v) is 25.2. The Bertz CT molecular complexity index is 3150. The van der Waals surface area contributed by atoms with Gasteiger partial charge < -0.3 is 34.9 Å². The van der Waals surface area contributed by atoms with Gasteiger partial charge in [0.25, 0.3) is 25.8 Å². The topological polar surface area (TPSA) is 195 Å². The van der Waals surface area contributed by atoms with Gasteiger partial charge in [0.15, 0.2) is 0 Å². The Morgan fingerprint density at radius 1 is 0.893 bits per heavy atom. The van der Waals surface area contributed by atoms with E-state index in [-0.39, 0.29) is 35.1 Å². The predicted octanol–water partition coefficient (Wildman–Crippen LogP) is 10.00. The molecule has 0 unspecified atom stereocenters. The van der Waals surface area contributed by atoms with Crippen LogP contribution in [0.2, 0.25) is 5.02 Å². The highest BCUT2D eigenvalue weighted by atomic mass is 35.5. The molecular weight excluding hydrogens is 1030 g/mol. The zero-order valence-electron chi connectivity index (χ0n) is 42.7. The Balaban J connectivity index is 0.962. The number of carbonyl (C=O) groups is 2. The molecule has 16 nitrogen and oxygen atoms in total. The van der Waals surface area contributed by atoms with Crippen LogP contribution in [-0.4, -0.2) is 125 Å². The number of amides is 2. The van der Waals surface area contributed by atoms with Gasteiger partial charge in [-0.1, -0.05) is 43.2 Å². The number of nitrogens with one attached hydrogen (secondary N) is 4. The summed E-state index contributed by atoms with van der Waals surface area (Å²) in [5.74, 6) is -0.961. The van der Waals surface area contributed by atoms with Gasteiger partial charge in [-0.05, 0) is 137 Å². The van der Waals surface area contributed by atoms with E-state index in [1.54, 1.807) is 51.2 Å². The number of rotatable bonds is 16. The highest BCUT2D eigenvalue weighted by Gasteiger charge is 2.48. The van der Waals surface area contributed by atoms with E-state index in [9.17, 15) is 39.6 Å². The largest absolute Gasteiger partial charge is 0.501 e. The summed E-state index contributed by atoms with van der Waals surface area (Å²) in [4.78, 5) is 38.1. The lowest BCUT2D eigenvalue weighted by Gasteiger charge is -2.39. The normalized spacial score (nSPS) is 17.5. The number of pyridine rings is 1. The summed E-state index contributed by atoms with van der Waals surface area (Å²) in [6.07, 6.45) is 7.38. The number of benzene rings is 3. The number of alkyl halides is 3. The first-order chi connectivity index (χ1) is 35.3. The van der Waals surface area contributed by atoms with E-state index in [1.165, 1.54) is 29.0 Å². The van der Waals surface area contributed by atoms with E-state index in [1.807, 2.05) is 16.9 Å². The number of ether oxygens (including phenoxy) is 2. The van der Waals surface area contributed by atoms with Crippen LogP contribution in [0.1, 0.15) is 89.1 Å². The van der Waals surface area contributed by atoms with Crippen LogP contribution in [0.25, 0.3) is 16.6 Å². The van der Waals surface area contributed by atoms with E-state index in [4.69, 9.17) is 21.1 Å². The maximum atomic E-state index is 14.2. The van der Waals surface area contributed by atoms with E-state index in [2.05, 4.69) is 61.3 Å². The average molecular weight is 1100 g/mol. The summed E-state index contributed by atoms with van der Waals surface area (Å²) in [5, 5.41) is 7.01. The molecule has 8 rings (SSSR count). The Morgan fingerprint density at radius 2 is 1.61 bits per heavy atom. The van der Waals surface area contributed by atoms with Gasteiger partial charge in [0.1, 0.15) is 27.6 Å². The number of sulfone groups is 1. The summed E-state index contributed by atoms with van der Waals surface area (Å²) >= 11 is 6.24. The number of alkyl carbamates (subject to hydrolysis) is 1. The quantitative estimate of drug-likeness (QED) is 0.0683. The maximum Gasteiger partial charge on any atom is 0.501 e. The summed E-state index contributed by atoms with van der Waals surface area (Å²) in [6.45, 7) is 15.3. The van der Waals surface area contributed by atoms with Crippen LogP contribution >= 0.6 is 11.6 Å². The monoisotopic (exact) mass is 1100 g/mol. The Morgan fingerprint density at radius 3 is 2.31 bits per heavy atom. The van der Waals surface area contributed by atoms with Gasteiger partial charge in [-0.2, -0.15) is 13.2 Å². The van der Waals surface area contributed by atoms with Crippen LogP contribution < -0.4 is 25.0 Å². The van der Waals surface area contributed by atoms with Gasteiger partial charge in [0, 0.05) is 86.8 Å². The molecule has 0 spiro atoms. The molecule has 22 heteroatoms. The van der Waals surface area contributed by atoms with Crippen molar-refractivity contribution in [1.29, 1.82) is 0 Å². The summed E-state index contributed by atoms with van der Waals surface area (Å²) in [6, 6.07) is 18.4. The van der Waals surface area contributed by atoms with Crippen molar-refractivity contribution in [2.24, 2.45) is 5.41 Å². The molecule has 4 heterocycles. The predicted molar refractivity (Wildman–Crippen MR) is 284 cm³/mol. The number of allylic oxidation sites excluding steroid dienone is 1. The van der Waals surface area contributed by atoms with Gasteiger partial charge >= 0.3 is 11.6 Å². The molecule has 404 valence electrons. The number of nitrogens with zero attached hydrogens (tertiary/aromatic N) is 4. The van der Waals surface area contributed by atoms with Crippen LogP contribution in [0.5, 0.6) is 11.5 Å². The third-order valence-electron chi connectivity index (χ3n) is 13.7. The lowest BCUT2D eigenvalue weighted by Crippen LogP contribution is -2.47. The van der Waals surface area contributed by atoms with Crippen molar-refractivity contribution in [3.05, 3.63) is 107 Å². The number of carbonyl (C=O) groups excluding carboxylic acids is 2. The molecule has 75 heavy (non-hydrogen) atoms. The molecule has 0 atom stereocenters. The third kappa shape index (κ3) is 14.0. The standard InChI is InChI=1S/C53H64ClF3N8O8S2/c1-51(2,3)73-50(67)61-39-17-23-63(24-18-39)22-6-20-58-45-14-12-42(31-47(45)74(68,69)53(55,56)57)75(70,71)62-49(66)43-13-11-40(30-46(43)72-41-29-36-16-21-59-48(36)60-33-41)65-27-25-64(26-28-65)34-37-15-19-52(4,5)32-44(37)35-7-9-38(54)10-8-35/h7-14,16,21,29-31,33,39,58H,6,15,17-20,22-28,32,34H2,1-5H3,(H,59,60)(H,61,67)(H,62,66). The Kier molecular flexibility index (Phi) is 16.5. The van der Waals surface area contributed by atoms with Crippen molar-refractivity contribution < 1.29 is 49.1 Å². The molecule has 2 amide bonds. The molecule has 3 aromatic carbocycles. The fourth-order valence-corrected chi connectivity index (χ4v) is 11.8. The van der Waals surface area contributed by atoms with Crippen LogP contribution in [0.4, 0.5) is 29.3 Å². The fraction of sp³-hybridized carbons (Fsp3) is 0.453. The summed E-state index contributed by atoms with van der Waals surface area (Å²) in [5.41, 5.74) is -1.68. The van der Waals surface area contributed by atoms with Crippen molar-refractivity contribution in [3.63, 3.8) is 0 Å². The lowest BCUT2D eigenvalue weighted by molar-refractivity contribution is -0.0436. The molecule has 2 aliphatic heterocycles. The van der Waals surface area contributed by atoms with Crippen molar-refractivity contribution in [2.75, 3.05) is 69.1 Å². The third-order valence-corrected chi connectivity index (χ3v) is 16.8. The second-order valence-electron chi connectivity index (χ2n) is 21.1. The van der Waals surface area contributed by atoms with Crippen molar-refractivity contribution in [2.45, 2.75) is 100 Å². The maximum absolute atomic E-state index is 14.2. The number of hydrogen-bond acceptors (Lipinski definition) is 13. The van der Waals surface area contributed by atoms with Crippen LogP contribution in [0.3, 0.4) is 0 Å². The van der Waals surface area contributed by atoms with Crippen LogP contribution in [0.15, 0.2) is 101 Å². The average Bonchev–Trinajstić information content (AvgIpc) is 3.81. The Labute approximate surface area is 441 Å². The van der Waals surface area contributed by atoms with Crippen LogP contribution in [0, 0.1) is 5.41 Å². The summed E-state index contributed by atoms with van der Waals surface area (Å²) < 4.78 is 110. The molecule has 0 radical (unpaired) electrons. The van der Waals surface area contributed by atoms with Gasteiger partial charge in [0.2, 0.25) is 0 Å². The fourth-order valence-electron chi connectivity index (χ4n) is 9.68. The number of sulfonamides is 1. The number of piperidine rings is 1. The van der Waals surface area contributed by atoms with Crippen molar-refractivity contribution in [3.8, 4) is 11.5 Å². The smallest absolute Gasteiger partial charge is 0.455 e. The first-order valence-electron chi connectivity index (χ1n) is 25.0. The molecule has 5 aromatic rings. The van der Waals surface area contributed by atoms with Gasteiger partial charge in [-0.15, -0.1) is 0 Å². The summed E-state index contributed by atoms with van der Waals surface area (Å²) in [7, 11) is -11.1. The number of H-pyrrole nitrogens is 1. The molecule has 2 aromatic heterocycles. The molecule has 2 saturated heterocycles. The number of anilines is 2. The molecule has 0 saturated carbocycles. The number of piperazine rings is 1. The number of likely N-dealkylation sites (tertiary alicyclic amines) is 1. The molecule has 1 aliphatic carbocycles. The SMILES string of the molecule is CC1(C)CCC(CN2CCN(c3ccc(C(=O)NS(=O)(=O)c4ccc(NCCCN5CCC(NC(=O)OC(C)(C)C)CC5)c(S(=O)(=O)C(F)(F)F)c4)c(Oc4cnc5[nH]ccc5c4)c3)CC2)=C(c2ccc(Cl)cc2)C1. The van der Waals surface area contributed by atoms with E-state index in [0.29, 0.717) is 79.8 Å². The number of halogens is 4. The minimum absolute atomic E-state index is 0.0244. The second kappa shape index (κ2) is 22.4. The Hall–Kier alpha value is -5.87. The van der Waals surface area contributed by atoms with Gasteiger partial charge in [-0.25, -0.2) is 31.3 Å². The van der Waals surface area contributed by atoms with Crippen molar-refractivity contribution in [1.82, 2.24) is 29.8 Å². The zero-order valence-corrected chi connectivity index (χ0v) is 45.0. The molecule has 4 N–H and O–H groups in total. The number of fused-ring (bicyclic) bond motifs is 1. The molecular formula is C53H64ClF3N8O8S2. The number of aromatic nitrogens is 2. The number of aromatic amines is 1. The first-order valence-corrected chi connectivity index (χ1v) is 28.3. The van der Waals surface area contributed by atoms with E-state index >= 15 is 0 Å². The van der Waals surface area contributed by atoms with Crippen molar-refractivity contribution >= 4 is 71.4 Å². The van der Waals surface area contributed by atoms with Gasteiger partial charge in [0.05, 0.1) is 22.3 Å². The minimum Gasteiger partial charge on any atom is -0.455 e. The molecule has 2 fully saturated rings. The van der Waals surface area contributed by atoms with Gasteiger partial charge in [-0.3, -0.25) is 9.69 Å². The van der Waals surface area contributed by atoms with E-state index < -0.39 is 58.4 Å². The highest BCUT2D eigenvalue weighted by Crippen LogP contribution is 2.44. The van der Waals surface area contributed by atoms with Crippen LogP contribution in [-0.2, 0) is 24.6 Å². The van der Waals surface area contributed by atoms with E-state index in [0.717, 1.165) is 51.0 Å². The lowest BCUT2D eigenvalue weighted by atomic mass is 9.72. The molecule has 0 bridgehead atoms. The minimum atomic E-state index is -6.09. The zero-order chi connectivity index (χ0) is 53.9. The molecule has 3 aliphatic rings.